The molecule has 4 heteroatoms. The summed E-state index contributed by atoms with van der Waals surface area (Å²) in [5, 5.41) is 0. The second kappa shape index (κ2) is 4.31. The molecule has 0 N–H and O–H groups in total. The molecule has 2 amide bonds. The monoisotopic (exact) mass is 238 g/mol. The Morgan fingerprint density at radius 3 is 2.47 bits per heavy atom. The van der Waals surface area contributed by atoms with Crippen LogP contribution in [-0.2, 0) is 9.59 Å². The van der Waals surface area contributed by atoms with E-state index in [2.05, 4.69) is 13.8 Å². The lowest BCUT2D eigenvalue weighted by molar-refractivity contribution is -0.170. The number of rotatable bonds is 3. The van der Waals surface area contributed by atoms with Crippen LogP contribution in [0.5, 0.6) is 0 Å². The van der Waals surface area contributed by atoms with E-state index in [-0.39, 0.29) is 17.2 Å². The van der Waals surface area contributed by atoms with Gasteiger partial charge in [-0.1, -0.05) is 13.8 Å². The summed E-state index contributed by atoms with van der Waals surface area (Å²) in [6.07, 6.45) is 1.27. The molecule has 96 valence electrons. The molecule has 1 unspecified atom stereocenters. The minimum atomic E-state index is -0.333. The summed E-state index contributed by atoms with van der Waals surface area (Å²) < 4.78 is 0. The number of β-lactam (4-membered cyclic amide) rings is 1. The summed E-state index contributed by atoms with van der Waals surface area (Å²) in [7, 11) is 0. The second-order valence-electron chi connectivity index (χ2n) is 5.76. The van der Waals surface area contributed by atoms with Gasteiger partial charge in [-0.25, -0.2) is 0 Å². The molecule has 2 saturated heterocycles. The number of hydrogen-bond donors (Lipinski definition) is 0. The van der Waals surface area contributed by atoms with Gasteiger partial charge in [0.05, 0.1) is 5.41 Å². The maximum absolute atomic E-state index is 12.0. The Kier molecular flexibility index (Phi) is 3.15. The van der Waals surface area contributed by atoms with E-state index in [0.29, 0.717) is 12.3 Å². The molecule has 0 aromatic rings. The third-order valence-electron chi connectivity index (χ3n) is 3.90. The lowest BCUT2D eigenvalue weighted by Gasteiger charge is -2.51. The van der Waals surface area contributed by atoms with Gasteiger partial charge in [0.1, 0.15) is 0 Å². The molecule has 1 spiro atoms. The van der Waals surface area contributed by atoms with E-state index >= 15 is 0 Å². The van der Waals surface area contributed by atoms with E-state index in [1.807, 2.05) is 16.7 Å². The van der Waals surface area contributed by atoms with Crippen LogP contribution in [0.3, 0.4) is 0 Å². The smallest absolute Gasteiger partial charge is 0.231 e. The first kappa shape index (κ1) is 12.4. The van der Waals surface area contributed by atoms with Crippen LogP contribution in [0.25, 0.3) is 0 Å². The van der Waals surface area contributed by atoms with E-state index in [0.717, 1.165) is 32.6 Å². The average molecular weight is 238 g/mol. The van der Waals surface area contributed by atoms with Crippen molar-refractivity contribution in [3.05, 3.63) is 0 Å². The molecule has 0 saturated carbocycles. The number of nitrogens with zero attached hydrogens (tertiary/aromatic N) is 2. The van der Waals surface area contributed by atoms with Gasteiger partial charge in [-0.2, -0.15) is 0 Å². The maximum Gasteiger partial charge on any atom is 0.231 e. The fourth-order valence-electron chi connectivity index (χ4n) is 2.92. The first-order chi connectivity index (χ1) is 7.98. The number of amides is 2. The third-order valence-corrected chi connectivity index (χ3v) is 3.90. The van der Waals surface area contributed by atoms with Crippen LogP contribution in [0.1, 0.15) is 33.6 Å². The Balaban J connectivity index is 1.96. The first-order valence-corrected chi connectivity index (χ1v) is 6.55. The number of carbonyl (C=O) groups is 2. The lowest BCUT2D eigenvalue weighted by atomic mass is 9.70. The molecule has 1 atom stereocenters. The van der Waals surface area contributed by atoms with Gasteiger partial charge < -0.3 is 9.80 Å². The minimum absolute atomic E-state index is 0.161. The third kappa shape index (κ3) is 2.05. The summed E-state index contributed by atoms with van der Waals surface area (Å²) in [4.78, 5) is 27.8. The number of hydrogen-bond acceptors (Lipinski definition) is 2. The van der Waals surface area contributed by atoms with Gasteiger partial charge in [0.15, 0.2) is 0 Å². The van der Waals surface area contributed by atoms with Crippen molar-refractivity contribution in [2.45, 2.75) is 33.6 Å². The molecule has 2 aliphatic rings. The quantitative estimate of drug-likeness (QED) is 0.691. The van der Waals surface area contributed by atoms with Crippen molar-refractivity contribution in [3.8, 4) is 0 Å². The first-order valence-electron chi connectivity index (χ1n) is 6.55. The van der Waals surface area contributed by atoms with Crippen molar-refractivity contribution in [2.75, 3.05) is 26.2 Å². The highest BCUT2D eigenvalue weighted by Gasteiger charge is 2.54. The van der Waals surface area contributed by atoms with Crippen LogP contribution < -0.4 is 0 Å². The van der Waals surface area contributed by atoms with E-state index < -0.39 is 0 Å². The molecule has 2 heterocycles. The second-order valence-corrected chi connectivity index (χ2v) is 5.76. The predicted octanol–water partition coefficient (Wildman–Crippen LogP) is 1.11. The Morgan fingerprint density at radius 2 is 2.00 bits per heavy atom. The van der Waals surface area contributed by atoms with Crippen molar-refractivity contribution in [2.24, 2.45) is 11.3 Å². The highest BCUT2D eigenvalue weighted by molar-refractivity contribution is 5.94. The van der Waals surface area contributed by atoms with Gasteiger partial charge in [0.25, 0.3) is 0 Å². The minimum Gasteiger partial charge on any atom is -0.342 e. The molecule has 2 aliphatic heterocycles. The number of piperidine rings is 1. The molecule has 0 radical (unpaired) electrons. The van der Waals surface area contributed by atoms with E-state index in [1.54, 1.807) is 0 Å². The Bertz CT molecular complexity index is 340. The van der Waals surface area contributed by atoms with Crippen molar-refractivity contribution in [1.29, 1.82) is 0 Å². The normalized spacial score (nSPS) is 29.2. The average Bonchev–Trinajstić information content (AvgIpc) is 2.28. The van der Waals surface area contributed by atoms with Gasteiger partial charge >= 0.3 is 0 Å². The predicted molar refractivity (Wildman–Crippen MR) is 65.3 cm³/mol. The zero-order valence-corrected chi connectivity index (χ0v) is 11.0. The van der Waals surface area contributed by atoms with Gasteiger partial charge in [-0.05, 0) is 19.3 Å². The van der Waals surface area contributed by atoms with Crippen LogP contribution in [-0.4, -0.2) is 47.8 Å². The van der Waals surface area contributed by atoms with E-state index in [1.165, 1.54) is 0 Å². The topological polar surface area (TPSA) is 40.6 Å². The summed E-state index contributed by atoms with van der Waals surface area (Å²) in [6.45, 7) is 9.34. The summed E-state index contributed by atoms with van der Waals surface area (Å²) in [6, 6.07) is 0. The Hall–Kier alpha value is -1.06. The fourth-order valence-corrected chi connectivity index (χ4v) is 2.92. The van der Waals surface area contributed by atoms with Crippen LogP contribution in [0, 0.1) is 11.3 Å². The molecule has 0 aromatic heterocycles. The molecule has 0 aliphatic carbocycles. The van der Waals surface area contributed by atoms with Crippen LogP contribution in [0.4, 0.5) is 0 Å². The van der Waals surface area contributed by atoms with Crippen molar-refractivity contribution in [3.63, 3.8) is 0 Å². The molecule has 4 nitrogen and oxygen atoms in total. The Morgan fingerprint density at radius 1 is 1.29 bits per heavy atom. The van der Waals surface area contributed by atoms with Gasteiger partial charge in [-0.3, -0.25) is 9.59 Å². The van der Waals surface area contributed by atoms with E-state index in [4.69, 9.17) is 0 Å². The Labute approximate surface area is 103 Å². The highest BCUT2D eigenvalue weighted by Crippen LogP contribution is 2.42. The number of likely N-dealkylation sites (tertiary alicyclic amines) is 2. The molecular formula is C13H22N2O2. The standard InChI is InChI=1S/C13H22N2O2/c1-4-14-9-13(12(14)17)5-6-15(8-10(2)3)11(16)7-13/h10H,4-9H2,1-3H3. The zero-order chi connectivity index (χ0) is 12.6. The van der Waals surface area contributed by atoms with E-state index in [9.17, 15) is 9.59 Å². The summed E-state index contributed by atoms with van der Waals surface area (Å²) >= 11 is 0. The van der Waals surface area contributed by atoms with Crippen LogP contribution >= 0.6 is 0 Å². The van der Waals surface area contributed by atoms with Gasteiger partial charge in [0.2, 0.25) is 11.8 Å². The van der Waals surface area contributed by atoms with Gasteiger partial charge in [-0.15, -0.1) is 0 Å². The highest BCUT2D eigenvalue weighted by atomic mass is 16.2. The number of carbonyl (C=O) groups excluding carboxylic acids is 2. The summed E-state index contributed by atoms with van der Waals surface area (Å²) in [5.41, 5.74) is -0.333. The fraction of sp³-hybridized carbons (Fsp3) is 0.846. The zero-order valence-electron chi connectivity index (χ0n) is 11.0. The largest absolute Gasteiger partial charge is 0.342 e. The molecule has 17 heavy (non-hydrogen) atoms. The molecule has 2 fully saturated rings. The van der Waals surface area contributed by atoms with Crippen molar-refractivity contribution >= 4 is 11.8 Å². The molecular weight excluding hydrogens is 216 g/mol. The SMILES string of the molecule is CCN1CC2(CCN(CC(C)C)C(=O)C2)C1=O. The molecule has 2 rings (SSSR count). The van der Waals surface area contributed by atoms with Crippen molar-refractivity contribution in [1.82, 2.24) is 9.80 Å². The van der Waals surface area contributed by atoms with Crippen molar-refractivity contribution < 1.29 is 9.59 Å². The van der Waals surface area contributed by atoms with Gasteiger partial charge in [0, 0.05) is 32.6 Å². The molecule has 0 aromatic carbocycles. The lowest BCUT2D eigenvalue weighted by Crippen LogP contribution is -2.65. The van der Waals surface area contributed by atoms with Crippen LogP contribution in [0.15, 0.2) is 0 Å². The molecule has 0 bridgehead atoms. The summed E-state index contributed by atoms with van der Waals surface area (Å²) in [5.74, 6) is 0.851. The van der Waals surface area contributed by atoms with Crippen LogP contribution in [0.2, 0.25) is 0 Å². The maximum atomic E-state index is 12.0.